The molecule has 2 heterocycles. The third-order valence-electron chi connectivity index (χ3n) is 7.79. The van der Waals surface area contributed by atoms with Gasteiger partial charge in [0.25, 0.3) is 0 Å². The number of halogens is 4. The van der Waals surface area contributed by atoms with Crippen molar-refractivity contribution in [3.8, 4) is 22.6 Å². The van der Waals surface area contributed by atoms with E-state index in [0.29, 0.717) is 76.5 Å². The molecule has 0 saturated carbocycles. The molecule has 0 atom stereocenters. The molecule has 0 radical (unpaired) electrons. The lowest BCUT2D eigenvalue weighted by Crippen LogP contribution is -2.29. The average molecular weight is 708 g/mol. The molecule has 4 nitrogen and oxygen atoms in total. The lowest BCUT2D eigenvalue weighted by atomic mass is 9.85. The van der Waals surface area contributed by atoms with Crippen LogP contribution >= 0.6 is 46.4 Å². The van der Waals surface area contributed by atoms with Gasteiger partial charge in [0.1, 0.15) is 11.5 Å². The lowest BCUT2D eigenvalue weighted by molar-refractivity contribution is -0.300. The predicted molar refractivity (Wildman–Crippen MR) is 192 cm³/mol. The Balaban J connectivity index is 1.31. The highest BCUT2D eigenvalue weighted by atomic mass is 35.5. The Morgan fingerprint density at radius 2 is 1.00 bits per heavy atom. The summed E-state index contributed by atoms with van der Waals surface area (Å²) in [6.45, 7) is 0. The minimum absolute atomic E-state index is 0.0425. The Bertz CT molecular complexity index is 2170. The van der Waals surface area contributed by atoms with E-state index in [1.54, 1.807) is 60.7 Å². The van der Waals surface area contributed by atoms with E-state index in [1.165, 1.54) is 0 Å². The third-order valence-corrected chi connectivity index (χ3v) is 9.11. The fourth-order valence-corrected chi connectivity index (χ4v) is 6.33. The first-order valence-corrected chi connectivity index (χ1v) is 16.3. The zero-order valence-corrected chi connectivity index (χ0v) is 27.9. The second-order valence-electron chi connectivity index (χ2n) is 10.9. The summed E-state index contributed by atoms with van der Waals surface area (Å²) < 4.78 is 12.5. The Morgan fingerprint density at radius 3 is 1.42 bits per heavy atom. The minimum Gasteiger partial charge on any atom is -0.871 e. The number of carbonyl (C=O) groups is 1. The summed E-state index contributed by atoms with van der Waals surface area (Å²) in [4.78, 5) is 13.5. The molecule has 0 unspecified atom stereocenters. The van der Waals surface area contributed by atoms with Gasteiger partial charge in [0.15, 0.2) is 5.78 Å². The van der Waals surface area contributed by atoms with Crippen molar-refractivity contribution in [3.63, 3.8) is 0 Å². The monoisotopic (exact) mass is 706 g/mol. The summed E-state index contributed by atoms with van der Waals surface area (Å²) in [5, 5.41) is 15.5. The van der Waals surface area contributed by atoms with E-state index >= 15 is 0 Å². The maximum absolute atomic E-state index is 13.5. The minimum atomic E-state index is -0.390. The second kappa shape index (κ2) is 13.3. The molecule has 2 aliphatic rings. The molecule has 8 heteroatoms. The Labute approximate surface area is 296 Å². The van der Waals surface area contributed by atoms with Gasteiger partial charge in [-0.1, -0.05) is 101 Å². The van der Waals surface area contributed by atoms with Crippen LogP contribution < -0.4 is 5.11 Å². The first-order valence-electron chi connectivity index (χ1n) is 14.8. The molecule has 7 rings (SSSR count). The van der Waals surface area contributed by atoms with Crippen molar-refractivity contribution in [1.82, 2.24) is 0 Å². The standard InChI is InChI=1S/C40H22Cl4O4/c41-31-13-5-1-9-25(31)35-19-23(20-36(47-35)26-10-2-6-14-32(26)42)17-29-39(45)30(40(29)46)18-24-21-37(27-11-3-7-15-33(27)43)48-38(22-24)28-12-4-8-16-34(28)44/h1-22H. The number of carbonyl (C=O) groups excluding carboxylic acids is 1. The van der Waals surface area contributed by atoms with Gasteiger partial charge in [-0.2, -0.15) is 0 Å². The number of allylic oxidation sites excluding steroid dienone is 6. The second-order valence-corrected chi connectivity index (χ2v) is 12.6. The van der Waals surface area contributed by atoms with Gasteiger partial charge in [-0.15, -0.1) is 0 Å². The van der Waals surface area contributed by atoms with E-state index in [-0.39, 0.29) is 11.1 Å². The summed E-state index contributed by atoms with van der Waals surface area (Å²) in [5.41, 5.74) is 3.83. The van der Waals surface area contributed by atoms with E-state index in [1.807, 2.05) is 72.8 Å². The molecule has 234 valence electrons. The molecule has 0 fully saturated rings. The van der Waals surface area contributed by atoms with E-state index in [0.717, 1.165) is 0 Å². The fourth-order valence-electron chi connectivity index (χ4n) is 5.41. The van der Waals surface area contributed by atoms with Gasteiger partial charge in [-0.25, -0.2) is 4.42 Å². The van der Waals surface area contributed by atoms with Crippen molar-refractivity contribution in [2.75, 3.05) is 0 Å². The molecular formula is C40H22Cl4O4. The van der Waals surface area contributed by atoms with E-state index < -0.39 is 11.5 Å². The quantitative estimate of drug-likeness (QED) is 0.130. The molecule has 0 bridgehead atoms. The number of ether oxygens (including phenoxy) is 1. The summed E-state index contributed by atoms with van der Waals surface area (Å²) in [7, 11) is 0. The van der Waals surface area contributed by atoms with E-state index in [9.17, 15) is 9.90 Å². The summed E-state index contributed by atoms with van der Waals surface area (Å²) >= 11 is 26.0. The fraction of sp³-hybridized carbons (Fsp3) is 0. The summed E-state index contributed by atoms with van der Waals surface area (Å²) in [6, 6.07) is 32.5. The van der Waals surface area contributed by atoms with Crippen LogP contribution in [0.1, 0.15) is 16.7 Å². The number of benzene rings is 4. The van der Waals surface area contributed by atoms with Crippen molar-refractivity contribution >= 4 is 69.8 Å². The van der Waals surface area contributed by atoms with Gasteiger partial charge in [-0.3, -0.25) is 4.79 Å². The van der Waals surface area contributed by atoms with Crippen LogP contribution in [0.2, 0.25) is 20.1 Å². The molecule has 1 aliphatic heterocycles. The van der Waals surface area contributed by atoms with Gasteiger partial charge >= 0.3 is 11.5 Å². The normalized spacial score (nSPS) is 15.1. The summed E-state index contributed by atoms with van der Waals surface area (Å²) in [5.74, 6) is 1.02. The smallest absolute Gasteiger partial charge is 0.362 e. The first-order chi connectivity index (χ1) is 23.3. The van der Waals surface area contributed by atoms with Crippen LogP contribution in [0.3, 0.4) is 0 Å². The maximum atomic E-state index is 13.5. The highest BCUT2D eigenvalue weighted by Crippen LogP contribution is 2.40. The molecule has 0 saturated heterocycles. The van der Waals surface area contributed by atoms with Crippen LogP contribution in [0.25, 0.3) is 40.2 Å². The van der Waals surface area contributed by atoms with Crippen LogP contribution in [0, 0.1) is 0 Å². The molecule has 4 aromatic carbocycles. The molecular weight excluding hydrogens is 686 g/mol. The topological polar surface area (TPSA) is 60.7 Å². The summed E-state index contributed by atoms with van der Waals surface area (Å²) in [6.07, 6.45) is 6.59. The maximum Gasteiger partial charge on any atom is 0.362 e. The lowest BCUT2D eigenvalue weighted by Gasteiger charge is -2.29. The van der Waals surface area contributed by atoms with Crippen molar-refractivity contribution in [1.29, 1.82) is 0 Å². The predicted octanol–water partition coefficient (Wildman–Crippen LogP) is 11.1. The number of hydrogen-bond acceptors (Lipinski definition) is 3. The van der Waals surface area contributed by atoms with Gasteiger partial charge in [0.2, 0.25) is 0 Å². The van der Waals surface area contributed by atoms with Crippen LogP contribution in [-0.4, -0.2) is 5.78 Å². The molecule has 5 aromatic rings. The molecule has 0 N–H and O–H groups in total. The Morgan fingerprint density at radius 1 is 0.583 bits per heavy atom. The average Bonchev–Trinajstić information content (AvgIpc) is 3.10. The van der Waals surface area contributed by atoms with Crippen LogP contribution in [0.4, 0.5) is 0 Å². The number of rotatable bonds is 6. The zero-order chi connectivity index (χ0) is 33.4. The van der Waals surface area contributed by atoms with Crippen molar-refractivity contribution in [2.45, 2.75) is 0 Å². The van der Waals surface area contributed by atoms with Gasteiger partial charge in [-0.05, 0) is 84.0 Å². The number of Topliss-reactive ketones (excluding diaryl/α,β-unsaturated/α-hetero) is 1. The SMILES string of the molecule is O=C1C(=Cc2cc(-c3ccccc3Cl)[o+]c(-c3ccccc3Cl)c2)C([O-])=C1C=C1C=C(c2ccccc2Cl)OC(c2ccccc2Cl)=C1. The van der Waals surface area contributed by atoms with Crippen LogP contribution in [0.15, 0.2) is 154 Å². The van der Waals surface area contributed by atoms with Gasteiger partial charge < -0.3 is 9.84 Å². The van der Waals surface area contributed by atoms with Crippen molar-refractivity contribution in [2.24, 2.45) is 0 Å². The molecule has 1 aromatic heterocycles. The molecule has 48 heavy (non-hydrogen) atoms. The number of ketones is 1. The Hall–Kier alpha value is -4.84. The molecule has 0 spiro atoms. The largest absolute Gasteiger partial charge is 0.871 e. The van der Waals surface area contributed by atoms with Gasteiger partial charge in [0.05, 0.1) is 43.4 Å². The third kappa shape index (κ3) is 6.24. The first kappa shape index (κ1) is 31.7. The van der Waals surface area contributed by atoms with Crippen LogP contribution in [-0.2, 0) is 9.53 Å². The molecule has 1 aliphatic carbocycles. The van der Waals surface area contributed by atoms with E-state index in [4.69, 9.17) is 55.6 Å². The highest BCUT2D eigenvalue weighted by Gasteiger charge is 2.29. The van der Waals surface area contributed by atoms with Crippen molar-refractivity contribution < 1.29 is 19.1 Å². The number of hydrogen-bond donors (Lipinski definition) is 0. The highest BCUT2D eigenvalue weighted by molar-refractivity contribution is 6.34. The molecule has 0 amide bonds. The van der Waals surface area contributed by atoms with Crippen molar-refractivity contribution in [3.05, 3.63) is 187 Å². The van der Waals surface area contributed by atoms with Gasteiger partial charge in [0, 0.05) is 22.3 Å². The Kier molecular flexibility index (Phi) is 8.83. The van der Waals surface area contributed by atoms with Crippen LogP contribution in [0.5, 0.6) is 0 Å². The zero-order valence-electron chi connectivity index (χ0n) is 24.8. The van der Waals surface area contributed by atoms with E-state index in [2.05, 4.69) is 0 Å².